The zero-order valence-electron chi connectivity index (χ0n) is 14.1. The first kappa shape index (κ1) is 18.5. The second kappa shape index (κ2) is 7.95. The van der Waals surface area contributed by atoms with Gasteiger partial charge in [0.15, 0.2) is 0 Å². The molecule has 0 amide bonds. The van der Waals surface area contributed by atoms with E-state index in [0.717, 1.165) is 0 Å². The highest BCUT2D eigenvalue weighted by molar-refractivity contribution is 5.57. The van der Waals surface area contributed by atoms with Crippen LogP contribution < -0.4 is 14.8 Å². The molecule has 0 aliphatic heterocycles. The zero-order valence-corrected chi connectivity index (χ0v) is 14.1. The average Bonchev–Trinajstić information content (AvgIpc) is 2.96. The van der Waals surface area contributed by atoms with Gasteiger partial charge in [0, 0.05) is 18.2 Å². The van der Waals surface area contributed by atoms with Crippen LogP contribution in [0.5, 0.6) is 0 Å². The summed E-state index contributed by atoms with van der Waals surface area (Å²) in [4.78, 5) is 4.01. The van der Waals surface area contributed by atoms with Gasteiger partial charge < -0.3 is 16.0 Å². The lowest BCUT2D eigenvalue weighted by atomic mass is 10.2. The van der Waals surface area contributed by atoms with Gasteiger partial charge in [0.1, 0.15) is 17.8 Å². The van der Waals surface area contributed by atoms with Crippen molar-refractivity contribution in [3.63, 3.8) is 0 Å². The summed E-state index contributed by atoms with van der Waals surface area (Å²) in [6, 6.07) is 4.61. The average molecular weight is 279 g/mol. The minimum atomic E-state index is 0.569. The predicted octanol–water partition coefficient (Wildman–Crippen LogP) is 3.64. The first-order chi connectivity index (χ1) is 9.18. The Labute approximate surface area is 123 Å². The number of anilines is 1. The quantitative estimate of drug-likeness (QED) is 0.351. The molecule has 0 saturated heterocycles. The predicted molar refractivity (Wildman–Crippen MR) is 87.2 cm³/mol. The summed E-state index contributed by atoms with van der Waals surface area (Å²) < 4.78 is 2.51. The van der Waals surface area contributed by atoms with Gasteiger partial charge in [-0.2, -0.15) is 0 Å². The van der Waals surface area contributed by atoms with Gasteiger partial charge in [-0.05, 0) is 55.4 Å². The fourth-order valence-electron chi connectivity index (χ4n) is 2.81. The highest BCUT2D eigenvalue weighted by Gasteiger charge is 2.29. The monoisotopic (exact) mass is 279 g/mol. The Hall–Kier alpha value is -1.48. The van der Waals surface area contributed by atoms with Crippen molar-refractivity contribution in [2.45, 2.75) is 79.6 Å². The molecule has 114 valence electrons. The van der Waals surface area contributed by atoms with Crippen LogP contribution in [0, 0.1) is 0 Å². The van der Waals surface area contributed by atoms with E-state index in [1.807, 2.05) is 0 Å². The van der Waals surface area contributed by atoms with E-state index in [0.29, 0.717) is 24.2 Å². The van der Waals surface area contributed by atoms with Crippen LogP contribution in [0.1, 0.15) is 55.4 Å². The molecule has 5 heteroatoms. The maximum absolute atomic E-state index is 6.75. The molecule has 1 rings (SSSR count). The van der Waals surface area contributed by atoms with Gasteiger partial charge in [-0.15, -0.1) is 0 Å². The second-order valence-electron chi connectivity index (χ2n) is 6.19. The Morgan fingerprint density at radius 3 is 1.50 bits per heavy atom. The fourth-order valence-corrected chi connectivity index (χ4v) is 2.81. The first-order valence-electron chi connectivity index (χ1n) is 7.33. The third kappa shape index (κ3) is 4.89. The molecule has 0 fully saturated rings. The Morgan fingerprint density at radius 1 is 0.900 bits per heavy atom. The summed E-state index contributed by atoms with van der Waals surface area (Å²) in [5.74, 6) is 0. The Kier molecular flexibility index (Phi) is 7.36. The van der Waals surface area contributed by atoms with Gasteiger partial charge in [-0.1, -0.05) is 0 Å². The van der Waals surface area contributed by atoms with Gasteiger partial charge in [0.05, 0.1) is 0 Å². The minimum Gasteiger partial charge on any atom is -0.373 e. The number of hydrogen-bond acceptors (Lipinski definition) is 1. The molecule has 0 unspecified atom stereocenters. The van der Waals surface area contributed by atoms with Crippen LogP contribution in [-0.4, -0.2) is 24.2 Å². The lowest BCUT2D eigenvalue weighted by molar-refractivity contribution is 0.428. The van der Waals surface area contributed by atoms with E-state index < -0.39 is 0 Å². The highest BCUT2D eigenvalue weighted by Crippen LogP contribution is 2.20. The maximum atomic E-state index is 6.75. The number of hydrogen-bond donors (Lipinski definition) is 0. The maximum Gasteiger partial charge on any atom is 0.226 e. The lowest BCUT2D eigenvalue weighted by Gasteiger charge is -2.29. The number of nitrogens with zero attached hydrogens (tertiary/aromatic N) is 5. The van der Waals surface area contributed by atoms with Crippen molar-refractivity contribution in [3.05, 3.63) is 27.4 Å². The van der Waals surface area contributed by atoms with Crippen LogP contribution in [0.3, 0.4) is 0 Å². The molecule has 0 saturated carbocycles. The normalized spacial score (nSPS) is 11.0. The van der Waals surface area contributed by atoms with Crippen molar-refractivity contribution >= 4 is 5.69 Å². The molecule has 0 radical (unpaired) electrons. The van der Waals surface area contributed by atoms with Crippen LogP contribution in [0.2, 0.25) is 0 Å². The molecule has 0 aromatic heterocycles. The van der Waals surface area contributed by atoms with Crippen molar-refractivity contribution in [2.24, 2.45) is 0 Å². The van der Waals surface area contributed by atoms with Crippen LogP contribution in [0.25, 0.3) is 16.0 Å². The molecule has 1 aromatic rings. The van der Waals surface area contributed by atoms with Crippen molar-refractivity contribution in [1.82, 2.24) is 4.58 Å². The molecule has 0 bridgehead atoms. The van der Waals surface area contributed by atoms with E-state index in [2.05, 4.69) is 70.9 Å². The van der Waals surface area contributed by atoms with E-state index in [1.54, 1.807) is 0 Å². The zero-order chi connectivity index (χ0) is 16.0. The Bertz CT molecular complexity index is 437. The molecule has 0 aliphatic rings. The fraction of sp³-hybridized carbons (Fsp3) is 0.800. The van der Waals surface area contributed by atoms with Crippen molar-refractivity contribution in [3.8, 4) is 0 Å². The van der Waals surface area contributed by atoms with Gasteiger partial charge >= 0.3 is 0 Å². The van der Waals surface area contributed by atoms with E-state index in [-0.39, 0.29) is 0 Å². The molecule has 0 atom stereocenters. The number of rotatable bonds is 5. The van der Waals surface area contributed by atoms with E-state index in [1.165, 1.54) is 16.0 Å². The molecule has 1 aromatic carbocycles. The SMILES string of the molecule is CC(C)N(c1cc1=[N+](C(C)C)C(C)C)C(C)C.[N-]=[N+]=[N-]. The molecule has 20 heavy (non-hydrogen) atoms. The van der Waals surface area contributed by atoms with Gasteiger partial charge in [0.25, 0.3) is 0 Å². The van der Waals surface area contributed by atoms with E-state index >= 15 is 0 Å². The molecule has 0 N–H and O–H groups in total. The largest absolute Gasteiger partial charge is 0.373 e. The molecule has 0 aliphatic carbocycles. The van der Waals surface area contributed by atoms with E-state index in [4.69, 9.17) is 11.1 Å². The minimum absolute atomic E-state index is 0.569. The van der Waals surface area contributed by atoms with Crippen molar-refractivity contribution in [1.29, 1.82) is 0 Å². The summed E-state index contributed by atoms with van der Waals surface area (Å²) in [6.07, 6.45) is 0. The van der Waals surface area contributed by atoms with Gasteiger partial charge in [-0.3, -0.25) is 4.91 Å². The Morgan fingerprint density at radius 2 is 1.25 bits per heavy atom. The molecule has 0 heterocycles. The summed E-state index contributed by atoms with van der Waals surface area (Å²) in [5.41, 5.74) is 14.9. The van der Waals surface area contributed by atoms with Crippen LogP contribution in [0.4, 0.5) is 5.69 Å². The van der Waals surface area contributed by atoms with Crippen LogP contribution in [0.15, 0.2) is 6.07 Å². The standard InChI is InChI=1S/C15H29N2.N3/c1-10(2)16(11(3)4)14-9-15(14)17(12(5)6)13(7)8;1-3-2/h9-13H,1-8H3;/q+1;-1. The summed E-state index contributed by atoms with van der Waals surface area (Å²) in [6.45, 7) is 18.2. The van der Waals surface area contributed by atoms with Crippen molar-refractivity contribution in [2.75, 3.05) is 4.90 Å². The summed E-state index contributed by atoms with van der Waals surface area (Å²) >= 11 is 0. The Balaban J connectivity index is 0.00000110. The van der Waals surface area contributed by atoms with Gasteiger partial charge in [0.2, 0.25) is 5.36 Å². The lowest BCUT2D eigenvalue weighted by Crippen LogP contribution is -2.41. The van der Waals surface area contributed by atoms with E-state index in [9.17, 15) is 0 Å². The van der Waals surface area contributed by atoms with Crippen LogP contribution >= 0.6 is 0 Å². The topological polar surface area (TPSA) is 65.0 Å². The smallest absolute Gasteiger partial charge is 0.226 e. The van der Waals surface area contributed by atoms with Gasteiger partial charge in [-0.25, -0.2) is 4.58 Å². The summed E-state index contributed by atoms with van der Waals surface area (Å²) in [7, 11) is 0. The van der Waals surface area contributed by atoms with Crippen LogP contribution in [-0.2, 0) is 0 Å². The molecule has 5 nitrogen and oxygen atoms in total. The first-order valence-corrected chi connectivity index (χ1v) is 7.33. The third-order valence-corrected chi connectivity index (χ3v) is 3.23. The third-order valence-electron chi connectivity index (χ3n) is 3.23. The summed E-state index contributed by atoms with van der Waals surface area (Å²) in [5, 5.41) is 1.44. The molecular weight excluding hydrogens is 250 g/mol. The molecule has 0 spiro atoms. The van der Waals surface area contributed by atoms with Crippen molar-refractivity contribution < 1.29 is 0 Å². The second-order valence-corrected chi connectivity index (χ2v) is 6.19. The highest BCUT2D eigenvalue weighted by atomic mass is 15.2. The molecular formula is C15H29N5.